The summed E-state index contributed by atoms with van der Waals surface area (Å²) in [5, 5.41) is 6.61. The molecule has 2 atom stereocenters. The van der Waals surface area contributed by atoms with E-state index >= 15 is 0 Å². The predicted molar refractivity (Wildman–Crippen MR) is 74.5 cm³/mol. The number of thiazole rings is 1. The summed E-state index contributed by atoms with van der Waals surface area (Å²) in [5.41, 5.74) is 6.10. The molecule has 0 aliphatic carbocycles. The molecule has 3 N–H and O–H groups in total. The van der Waals surface area contributed by atoms with Crippen molar-refractivity contribution >= 4 is 22.7 Å². The van der Waals surface area contributed by atoms with Crippen molar-refractivity contribution in [3.8, 4) is 0 Å². The number of nitrogens with two attached hydrogens (primary N) is 1. The van der Waals surface area contributed by atoms with E-state index in [0.29, 0.717) is 0 Å². The van der Waals surface area contributed by atoms with Crippen LogP contribution in [0.25, 0.3) is 0 Å². The van der Waals surface area contributed by atoms with Gasteiger partial charge >= 0.3 is 0 Å². The predicted octanol–water partition coefficient (Wildman–Crippen LogP) is 2.86. The Kier molecular flexibility index (Phi) is 4.28. The molecule has 2 rings (SSSR count). The van der Waals surface area contributed by atoms with Crippen molar-refractivity contribution in [2.24, 2.45) is 5.73 Å². The van der Waals surface area contributed by atoms with Crippen LogP contribution in [0.5, 0.6) is 0 Å². The highest BCUT2D eigenvalue weighted by atomic mass is 32.1. The maximum absolute atomic E-state index is 6.10. The van der Waals surface area contributed by atoms with Crippen molar-refractivity contribution in [3.05, 3.63) is 38.5 Å². The van der Waals surface area contributed by atoms with E-state index in [9.17, 15) is 0 Å². The highest BCUT2D eigenvalue weighted by Crippen LogP contribution is 2.20. The molecule has 92 valence electrons. The van der Waals surface area contributed by atoms with Crippen LogP contribution in [0, 0.1) is 6.92 Å². The lowest BCUT2D eigenvalue weighted by Gasteiger charge is -2.15. The minimum Gasteiger partial charge on any atom is -0.322 e. The van der Waals surface area contributed by atoms with E-state index in [4.69, 9.17) is 5.73 Å². The fraction of sp³-hybridized carbons (Fsp3) is 0.417. The van der Waals surface area contributed by atoms with E-state index in [1.165, 1.54) is 9.75 Å². The molecule has 5 heteroatoms. The highest BCUT2D eigenvalue weighted by Gasteiger charge is 2.12. The summed E-state index contributed by atoms with van der Waals surface area (Å²) >= 11 is 3.44. The Balaban J connectivity index is 1.86. The Hall–Kier alpha value is -0.750. The molecule has 0 aliphatic rings. The second kappa shape index (κ2) is 5.73. The summed E-state index contributed by atoms with van der Waals surface area (Å²) in [4.78, 5) is 6.84. The maximum Gasteiger partial charge on any atom is 0.109 e. The van der Waals surface area contributed by atoms with Gasteiger partial charge in [-0.1, -0.05) is 6.07 Å². The minimum atomic E-state index is 0.0681. The third-order valence-electron chi connectivity index (χ3n) is 2.56. The molecule has 2 aromatic heterocycles. The van der Waals surface area contributed by atoms with E-state index in [1.54, 1.807) is 22.7 Å². The van der Waals surface area contributed by atoms with Crippen molar-refractivity contribution in [1.82, 2.24) is 10.3 Å². The van der Waals surface area contributed by atoms with E-state index < -0.39 is 0 Å². The summed E-state index contributed by atoms with van der Waals surface area (Å²) in [6, 6.07) is 4.45. The van der Waals surface area contributed by atoms with E-state index in [1.807, 2.05) is 12.3 Å². The van der Waals surface area contributed by atoms with E-state index in [2.05, 4.69) is 35.6 Å². The van der Waals surface area contributed by atoms with Gasteiger partial charge in [0.1, 0.15) is 5.01 Å². The van der Waals surface area contributed by atoms with Crippen molar-refractivity contribution in [1.29, 1.82) is 0 Å². The first-order valence-corrected chi connectivity index (χ1v) is 7.31. The largest absolute Gasteiger partial charge is 0.322 e. The topological polar surface area (TPSA) is 50.9 Å². The molecule has 0 saturated heterocycles. The molecule has 0 saturated carbocycles. The van der Waals surface area contributed by atoms with Crippen LogP contribution >= 0.6 is 22.7 Å². The molecule has 3 nitrogen and oxygen atoms in total. The fourth-order valence-electron chi connectivity index (χ4n) is 1.57. The summed E-state index contributed by atoms with van der Waals surface area (Å²) < 4.78 is 0. The molecule has 0 radical (unpaired) electrons. The van der Waals surface area contributed by atoms with Gasteiger partial charge in [-0.2, -0.15) is 0 Å². The third-order valence-corrected chi connectivity index (χ3v) is 4.66. The van der Waals surface area contributed by atoms with Gasteiger partial charge in [0.15, 0.2) is 0 Å². The number of thiophene rings is 1. The molecule has 2 aromatic rings. The zero-order valence-corrected chi connectivity index (χ0v) is 11.6. The second-order valence-electron chi connectivity index (χ2n) is 4.06. The number of hydrogen-bond donors (Lipinski definition) is 2. The number of aromatic nitrogens is 1. The second-order valence-corrected chi connectivity index (χ2v) is 6.31. The van der Waals surface area contributed by atoms with Gasteiger partial charge in [-0.05, 0) is 25.3 Å². The molecular weight excluding hydrogens is 250 g/mol. The normalized spacial score (nSPS) is 14.8. The van der Waals surface area contributed by atoms with Gasteiger partial charge < -0.3 is 11.1 Å². The van der Waals surface area contributed by atoms with Crippen LogP contribution < -0.4 is 11.1 Å². The number of hydrogen-bond acceptors (Lipinski definition) is 5. The Morgan fingerprint density at radius 3 is 2.94 bits per heavy atom. The van der Waals surface area contributed by atoms with E-state index in [0.717, 1.165) is 11.6 Å². The van der Waals surface area contributed by atoms with Crippen molar-refractivity contribution in [2.45, 2.75) is 25.9 Å². The third kappa shape index (κ3) is 3.35. The van der Waals surface area contributed by atoms with Crippen molar-refractivity contribution < 1.29 is 0 Å². The lowest BCUT2D eigenvalue weighted by atomic mass is 10.2. The Morgan fingerprint density at radius 2 is 2.35 bits per heavy atom. The van der Waals surface area contributed by atoms with Crippen LogP contribution in [0.2, 0.25) is 0 Å². The van der Waals surface area contributed by atoms with Gasteiger partial charge in [0.05, 0.1) is 12.1 Å². The summed E-state index contributed by atoms with van der Waals surface area (Å²) in [6.07, 6.45) is 1.91. The fourth-order valence-corrected chi connectivity index (χ4v) is 3.10. The van der Waals surface area contributed by atoms with Gasteiger partial charge in [-0.25, -0.2) is 4.98 Å². The molecule has 2 unspecified atom stereocenters. The molecule has 0 amide bonds. The molecule has 0 aliphatic heterocycles. The first-order valence-electron chi connectivity index (χ1n) is 5.61. The lowest BCUT2D eigenvalue weighted by Crippen LogP contribution is -2.28. The van der Waals surface area contributed by atoms with Crippen molar-refractivity contribution in [3.63, 3.8) is 0 Å². The van der Waals surface area contributed by atoms with Crippen LogP contribution in [-0.2, 0) is 0 Å². The average Bonchev–Trinajstić information content (AvgIpc) is 2.95. The molecule has 0 fully saturated rings. The maximum atomic E-state index is 6.10. The SMILES string of the molecule is Cc1cnc(C(C)NCC(N)c2cccs2)s1. The quantitative estimate of drug-likeness (QED) is 0.876. The first kappa shape index (κ1) is 12.7. The van der Waals surface area contributed by atoms with Crippen LogP contribution in [0.4, 0.5) is 0 Å². The van der Waals surface area contributed by atoms with Crippen LogP contribution in [-0.4, -0.2) is 11.5 Å². The Labute approximate surface area is 110 Å². The zero-order valence-electron chi connectivity index (χ0n) is 10.0. The first-order chi connectivity index (χ1) is 8.16. The number of aryl methyl sites for hydroxylation is 1. The smallest absolute Gasteiger partial charge is 0.109 e. The van der Waals surface area contributed by atoms with Gasteiger partial charge in [0, 0.05) is 22.5 Å². The van der Waals surface area contributed by atoms with Gasteiger partial charge in [-0.15, -0.1) is 22.7 Å². The van der Waals surface area contributed by atoms with Gasteiger partial charge in [0.2, 0.25) is 0 Å². The van der Waals surface area contributed by atoms with Crippen LogP contribution in [0.3, 0.4) is 0 Å². The van der Waals surface area contributed by atoms with Gasteiger partial charge in [-0.3, -0.25) is 0 Å². The lowest BCUT2D eigenvalue weighted by molar-refractivity contribution is 0.529. The van der Waals surface area contributed by atoms with Crippen LogP contribution in [0.1, 0.15) is 33.8 Å². The summed E-state index contributed by atoms with van der Waals surface area (Å²) in [6.45, 7) is 4.98. The molecule has 0 bridgehead atoms. The number of nitrogens with zero attached hydrogens (tertiary/aromatic N) is 1. The van der Waals surface area contributed by atoms with Crippen molar-refractivity contribution in [2.75, 3.05) is 6.54 Å². The molecule has 17 heavy (non-hydrogen) atoms. The molecule has 2 heterocycles. The molecule has 0 spiro atoms. The monoisotopic (exact) mass is 267 g/mol. The molecule has 0 aromatic carbocycles. The summed E-state index contributed by atoms with van der Waals surface area (Å²) in [5.74, 6) is 0. The minimum absolute atomic E-state index is 0.0681. The standard InChI is InChI=1S/C12H17N3S2/c1-8-6-15-12(17-8)9(2)14-7-10(13)11-4-3-5-16-11/h3-6,9-10,14H,7,13H2,1-2H3. The van der Waals surface area contributed by atoms with E-state index in [-0.39, 0.29) is 12.1 Å². The number of nitrogens with one attached hydrogen (secondary N) is 1. The highest BCUT2D eigenvalue weighted by molar-refractivity contribution is 7.11. The van der Waals surface area contributed by atoms with Gasteiger partial charge in [0.25, 0.3) is 0 Å². The molecular formula is C12H17N3S2. The number of rotatable bonds is 5. The zero-order chi connectivity index (χ0) is 12.3. The van der Waals surface area contributed by atoms with Crippen LogP contribution in [0.15, 0.2) is 23.7 Å². The Bertz CT molecular complexity index is 450. The Morgan fingerprint density at radius 1 is 1.53 bits per heavy atom. The summed E-state index contributed by atoms with van der Waals surface area (Å²) in [7, 11) is 0. The average molecular weight is 267 g/mol.